The zero-order valence-corrected chi connectivity index (χ0v) is 21.3. The number of aliphatic hydroxyl groups is 1. The Morgan fingerprint density at radius 2 is 1.88 bits per heavy atom. The highest BCUT2D eigenvalue weighted by molar-refractivity contribution is 5.85. The van der Waals surface area contributed by atoms with Gasteiger partial charge < -0.3 is 14.6 Å². The molecule has 2 aliphatic heterocycles. The van der Waals surface area contributed by atoms with Crippen LogP contribution in [-0.4, -0.2) is 61.0 Å². The van der Waals surface area contributed by atoms with Gasteiger partial charge in [0.25, 0.3) is 0 Å². The first kappa shape index (κ1) is 23.5. The molecule has 0 unspecified atom stereocenters. The Hall–Kier alpha value is -0.910. The van der Waals surface area contributed by atoms with Crippen LogP contribution in [0.4, 0.5) is 0 Å². The maximum atomic E-state index is 12.4. The number of cyclic esters (lactones) is 1. The number of fused-ring (bicyclic) bond motifs is 5. The first-order valence-electron chi connectivity index (χ1n) is 14.1. The van der Waals surface area contributed by atoms with Crippen LogP contribution >= 0.6 is 0 Å². The van der Waals surface area contributed by atoms with Crippen molar-refractivity contribution in [2.75, 3.05) is 39.5 Å². The van der Waals surface area contributed by atoms with E-state index in [0.29, 0.717) is 29.8 Å². The number of hydrogen-bond donors (Lipinski definition) is 1. The highest BCUT2D eigenvalue weighted by Gasteiger charge is 2.67. The molecule has 8 atom stereocenters. The molecule has 0 amide bonds. The standard InChI is InChI=1S/C29H44NO4/c1-27-9-5-20(8-12-30-13-15-33-16-14-30)17-22(27)3-4-25-24(27)6-10-28(2)23(7-11-29(25,28)32)21-18-26(31)34-19-21/h8,18,20,22-25,32H,3-7,9-17,19H2,1-2H3/t20-,22-,23-,24+,25-,27+,28-,29+/m1/s1. The molecule has 4 saturated carbocycles. The van der Waals surface area contributed by atoms with E-state index in [1.54, 1.807) is 6.08 Å². The molecule has 189 valence electrons. The van der Waals surface area contributed by atoms with Crippen molar-refractivity contribution < 1.29 is 19.4 Å². The summed E-state index contributed by atoms with van der Waals surface area (Å²) >= 11 is 0. The van der Waals surface area contributed by atoms with E-state index in [-0.39, 0.29) is 11.4 Å². The molecule has 5 heteroatoms. The van der Waals surface area contributed by atoms with Gasteiger partial charge in [-0.15, -0.1) is 0 Å². The van der Waals surface area contributed by atoms with E-state index in [9.17, 15) is 9.90 Å². The molecule has 4 aliphatic carbocycles. The van der Waals surface area contributed by atoms with Gasteiger partial charge in [-0.1, -0.05) is 13.8 Å². The number of rotatable bonds is 4. The van der Waals surface area contributed by atoms with Crippen LogP contribution in [0.2, 0.25) is 0 Å². The molecule has 6 aliphatic rings. The van der Waals surface area contributed by atoms with Gasteiger partial charge in [0.2, 0.25) is 0 Å². The van der Waals surface area contributed by atoms with Gasteiger partial charge in [0.15, 0.2) is 0 Å². The van der Waals surface area contributed by atoms with Gasteiger partial charge in [-0.3, -0.25) is 4.90 Å². The van der Waals surface area contributed by atoms with Gasteiger partial charge in [-0.05, 0) is 105 Å². The second kappa shape index (κ2) is 8.59. The number of hydrogen-bond acceptors (Lipinski definition) is 5. The molecule has 0 spiro atoms. The first-order chi connectivity index (χ1) is 16.3. The molecule has 5 nitrogen and oxygen atoms in total. The Bertz CT molecular complexity index is 836. The minimum absolute atomic E-state index is 0.125. The molecule has 34 heavy (non-hydrogen) atoms. The van der Waals surface area contributed by atoms with Crippen LogP contribution in [0.25, 0.3) is 0 Å². The number of carbonyl (C=O) groups excluding carboxylic acids is 1. The molecule has 0 aromatic heterocycles. The highest BCUT2D eigenvalue weighted by Crippen LogP contribution is 2.70. The fraction of sp³-hybridized carbons (Fsp3) is 0.862. The van der Waals surface area contributed by atoms with Crippen molar-refractivity contribution >= 4 is 5.97 Å². The predicted octanol–water partition coefficient (Wildman–Crippen LogP) is 4.40. The maximum Gasteiger partial charge on any atom is 0.331 e. The highest BCUT2D eigenvalue weighted by atomic mass is 16.5. The second-order valence-electron chi connectivity index (χ2n) is 13.0. The van der Waals surface area contributed by atoms with Crippen molar-refractivity contribution in [3.05, 3.63) is 18.1 Å². The molecular formula is C29H44NO4. The Morgan fingerprint density at radius 1 is 1.06 bits per heavy atom. The van der Waals surface area contributed by atoms with Gasteiger partial charge in [0.05, 0.1) is 18.8 Å². The van der Waals surface area contributed by atoms with Gasteiger partial charge in [0.1, 0.15) is 6.61 Å². The minimum Gasteiger partial charge on any atom is -0.458 e. The minimum atomic E-state index is -0.597. The van der Waals surface area contributed by atoms with E-state index in [2.05, 4.69) is 25.2 Å². The largest absolute Gasteiger partial charge is 0.458 e. The van der Waals surface area contributed by atoms with Crippen LogP contribution in [0, 0.1) is 46.8 Å². The van der Waals surface area contributed by atoms with Crippen molar-refractivity contribution in [1.29, 1.82) is 0 Å². The summed E-state index contributed by atoms with van der Waals surface area (Å²) in [5.41, 5.74) is 0.784. The zero-order chi connectivity index (χ0) is 23.6. The Morgan fingerprint density at radius 3 is 2.65 bits per heavy atom. The van der Waals surface area contributed by atoms with Crippen LogP contribution in [0.3, 0.4) is 0 Å². The SMILES string of the molecule is C[C@]12CC[C@H]([CH]CN3CCOCC3)C[C@H]1CC[C@@H]1[C@@H]2CC[C@]2(C)[C@@H](C3=CC(=O)OC3)CC[C@]12O. The second-order valence-corrected chi connectivity index (χ2v) is 13.0. The average molecular weight is 471 g/mol. The Labute approximate surface area is 205 Å². The van der Waals surface area contributed by atoms with E-state index in [1.807, 2.05) is 0 Å². The van der Waals surface area contributed by atoms with E-state index in [4.69, 9.17) is 9.47 Å². The summed E-state index contributed by atoms with van der Waals surface area (Å²) in [5.74, 6) is 2.68. The third-order valence-electron chi connectivity index (χ3n) is 11.8. The predicted molar refractivity (Wildman–Crippen MR) is 131 cm³/mol. The van der Waals surface area contributed by atoms with Crippen LogP contribution in [-0.2, 0) is 14.3 Å². The van der Waals surface area contributed by atoms with E-state index in [0.717, 1.165) is 69.5 Å². The van der Waals surface area contributed by atoms with Crippen molar-refractivity contribution in [1.82, 2.24) is 4.90 Å². The van der Waals surface area contributed by atoms with Crippen LogP contribution < -0.4 is 0 Å². The number of carbonyl (C=O) groups is 1. The fourth-order valence-electron chi connectivity index (χ4n) is 9.74. The average Bonchev–Trinajstić information content (AvgIpc) is 3.38. The van der Waals surface area contributed by atoms with Crippen LogP contribution in [0.15, 0.2) is 11.6 Å². The monoisotopic (exact) mass is 470 g/mol. The molecular weight excluding hydrogens is 426 g/mol. The van der Waals surface area contributed by atoms with E-state index in [1.165, 1.54) is 38.5 Å². The van der Waals surface area contributed by atoms with Crippen molar-refractivity contribution in [2.45, 2.75) is 77.2 Å². The lowest BCUT2D eigenvalue weighted by Gasteiger charge is -2.64. The molecule has 2 heterocycles. The summed E-state index contributed by atoms with van der Waals surface area (Å²) in [6.45, 7) is 10.4. The maximum absolute atomic E-state index is 12.4. The van der Waals surface area contributed by atoms with Gasteiger partial charge >= 0.3 is 5.97 Å². The quantitative estimate of drug-likeness (QED) is 0.618. The molecule has 0 aromatic rings. The van der Waals surface area contributed by atoms with E-state index < -0.39 is 5.60 Å². The summed E-state index contributed by atoms with van der Waals surface area (Å²) < 4.78 is 10.8. The van der Waals surface area contributed by atoms with Crippen molar-refractivity contribution in [3.8, 4) is 0 Å². The zero-order valence-electron chi connectivity index (χ0n) is 21.3. The molecule has 0 aromatic carbocycles. The Balaban J connectivity index is 1.15. The summed E-state index contributed by atoms with van der Waals surface area (Å²) in [7, 11) is 0. The molecule has 6 rings (SSSR count). The van der Waals surface area contributed by atoms with Crippen molar-refractivity contribution in [3.63, 3.8) is 0 Å². The summed E-state index contributed by atoms with van der Waals surface area (Å²) in [6.07, 6.45) is 14.9. The van der Waals surface area contributed by atoms with Crippen LogP contribution in [0.1, 0.15) is 71.6 Å². The summed E-state index contributed by atoms with van der Waals surface area (Å²) in [6, 6.07) is 0. The smallest absolute Gasteiger partial charge is 0.331 e. The van der Waals surface area contributed by atoms with Gasteiger partial charge in [-0.2, -0.15) is 0 Å². The lowest BCUT2D eigenvalue weighted by molar-refractivity contribution is -0.205. The molecule has 1 N–H and O–H groups in total. The molecule has 1 radical (unpaired) electrons. The van der Waals surface area contributed by atoms with Gasteiger partial charge in [0, 0.05) is 31.1 Å². The number of nitrogens with zero attached hydrogens (tertiary/aromatic N) is 1. The third-order valence-corrected chi connectivity index (χ3v) is 11.8. The Kier molecular flexibility index (Phi) is 5.93. The fourth-order valence-corrected chi connectivity index (χ4v) is 9.74. The lowest BCUT2D eigenvalue weighted by atomic mass is 9.42. The van der Waals surface area contributed by atoms with Crippen molar-refractivity contribution in [2.24, 2.45) is 40.4 Å². The normalized spacial score (nSPS) is 49.1. The van der Waals surface area contributed by atoms with Gasteiger partial charge in [-0.25, -0.2) is 4.79 Å². The number of esters is 1. The van der Waals surface area contributed by atoms with E-state index >= 15 is 0 Å². The number of morpholine rings is 1. The molecule has 5 fully saturated rings. The summed E-state index contributed by atoms with van der Waals surface area (Å²) in [5, 5.41) is 12.4. The lowest BCUT2D eigenvalue weighted by Crippen LogP contribution is -2.62. The first-order valence-corrected chi connectivity index (χ1v) is 14.1. The summed E-state index contributed by atoms with van der Waals surface area (Å²) in [4.78, 5) is 14.3. The molecule has 0 bridgehead atoms. The topological polar surface area (TPSA) is 59.0 Å². The molecule has 1 saturated heterocycles. The number of ether oxygens (including phenoxy) is 2. The third kappa shape index (κ3) is 3.55. The van der Waals surface area contributed by atoms with Crippen LogP contribution in [0.5, 0.6) is 0 Å².